The Morgan fingerprint density at radius 1 is 1.30 bits per heavy atom. The smallest absolute Gasteiger partial charge is 0.328 e. The summed E-state index contributed by atoms with van der Waals surface area (Å²) in [7, 11) is 5.04. The van der Waals surface area contributed by atoms with Gasteiger partial charge in [0.15, 0.2) is 0 Å². The highest BCUT2D eigenvalue weighted by atomic mass is 16.5. The predicted molar refractivity (Wildman–Crippen MR) is 76.7 cm³/mol. The van der Waals surface area contributed by atoms with Gasteiger partial charge < -0.3 is 15.0 Å². The minimum atomic E-state index is -0.666. The molecule has 0 aromatic carbocycles. The molecule has 1 atom stereocenters. The summed E-state index contributed by atoms with van der Waals surface area (Å²) in [5, 5.41) is 2.67. The van der Waals surface area contributed by atoms with Crippen LogP contribution in [0.4, 0.5) is 5.82 Å². The van der Waals surface area contributed by atoms with Gasteiger partial charge in [0.1, 0.15) is 11.9 Å². The summed E-state index contributed by atoms with van der Waals surface area (Å²) in [4.78, 5) is 29.7. The zero-order chi connectivity index (χ0) is 15.3. The normalized spacial score (nSPS) is 11.9. The fourth-order valence-electron chi connectivity index (χ4n) is 1.63. The molecule has 1 unspecified atom stereocenters. The lowest BCUT2D eigenvalue weighted by atomic mass is 10.0. The van der Waals surface area contributed by atoms with Crippen LogP contribution in [0.1, 0.15) is 24.2 Å². The van der Waals surface area contributed by atoms with Crippen molar-refractivity contribution in [1.29, 1.82) is 0 Å². The van der Waals surface area contributed by atoms with Gasteiger partial charge in [-0.1, -0.05) is 13.8 Å². The van der Waals surface area contributed by atoms with E-state index in [0.29, 0.717) is 5.56 Å². The molecular formula is C14H21N3O3. The Labute approximate surface area is 119 Å². The van der Waals surface area contributed by atoms with Crippen molar-refractivity contribution in [3.05, 3.63) is 23.9 Å². The van der Waals surface area contributed by atoms with Crippen molar-refractivity contribution >= 4 is 17.7 Å². The third-order valence-electron chi connectivity index (χ3n) is 2.88. The average Bonchev–Trinajstić information content (AvgIpc) is 2.43. The molecule has 6 nitrogen and oxygen atoms in total. The topological polar surface area (TPSA) is 71.5 Å². The van der Waals surface area contributed by atoms with Crippen molar-refractivity contribution in [3.8, 4) is 0 Å². The summed E-state index contributed by atoms with van der Waals surface area (Å²) < 4.78 is 4.69. The van der Waals surface area contributed by atoms with E-state index in [1.807, 2.05) is 32.8 Å². The van der Waals surface area contributed by atoms with Crippen molar-refractivity contribution in [2.45, 2.75) is 19.9 Å². The first-order chi connectivity index (χ1) is 9.36. The van der Waals surface area contributed by atoms with E-state index in [-0.39, 0.29) is 11.8 Å². The van der Waals surface area contributed by atoms with Crippen LogP contribution >= 0.6 is 0 Å². The molecule has 1 aromatic rings. The minimum absolute atomic E-state index is 0.0552. The van der Waals surface area contributed by atoms with E-state index in [2.05, 4.69) is 15.0 Å². The molecule has 1 aromatic heterocycles. The fourth-order valence-corrected chi connectivity index (χ4v) is 1.63. The van der Waals surface area contributed by atoms with E-state index in [1.54, 1.807) is 12.1 Å². The molecule has 0 aliphatic carbocycles. The van der Waals surface area contributed by atoms with E-state index < -0.39 is 12.0 Å². The Kier molecular flexibility index (Phi) is 5.49. The molecule has 0 aliphatic heterocycles. The van der Waals surface area contributed by atoms with Gasteiger partial charge in [0.25, 0.3) is 5.91 Å². The molecule has 0 aliphatic rings. The van der Waals surface area contributed by atoms with Crippen molar-refractivity contribution in [2.24, 2.45) is 5.92 Å². The standard InChI is InChI=1S/C14H21N3O3/c1-9(2)12(14(19)20-5)16-13(18)10-6-7-11(15-8-10)17(3)4/h6-9,12H,1-5H3,(H,16,18). The number of rotatable bonds is 5. The molecular weight excluding hydrogens is 258 g/mol. The molecule has 0 radical (unpaired) electrons. The number of amides is 1. The Morgan fingerprint density at radius 3 is 2.35 bits per heavy atom. The number of hydrogen-bond acceptors (Lipinski definition) is 5. The number of aromatic nitrogens is 1. The molecule has 1 heterocycles. The van der Waals surface area contributed by atoms with Crippen LogP contribution in [0.2, 0.25) is 0 Å². The minimum Gasteiger partial charge on any atom is -0.467 e. The van der Waals surface area contributed by atoms with Gasteiger partial charge in [-0.25, -0.2) is 9.78 Å². The van der Waals surface area contributed by atoms with Crippen LogP contribution < -0.4 is 10.2 Å². The zero-order valence-electron chi connectivity index (χ0n) is 12.5. The van der Waals surface area contributed by atoms with Crippen molar-refractivity contribution in [1.82, 2.24) is 10.3 Å². The number of nitrogens with one attached hydrogen (secondary N) is 1. The lowest BCUT2D eigenvalue weighted by molar-refractivity contribution is -0.144. The molecule has 0 bridgehead atoms. The number of esters is 1. The van der Waals surface area contributed by atoms with Crippen LogP contribution in [0.5, 0.6) is 0 Å². The van der Waals surface area contributed by atoms with Crippen molar-refractivity contribution < 1.29 is 14.3 Å². The van der Waals surface area contributed by atoms with E-state index in [1.165, 1.54) is 13.3 Å². The van der Waals surface area contributed by atoms with Gasteiger partial charge in [-0.3, -0.25) is 4.79 Å². The van der Waals surface area contributed by atoms with Gasteiger partial charge in [0.05, 0.1) is 12.7 Å². The average molecular weight is 279 g/mol. The van der Waals surface area contributed by atoms with Gasteiger partial charge in [-0.15, -0.1) is 0 Å². The summed E-state index contributed by atoms with van der Waals surface area (Å²) in [6.45, 7) is 3.69. The van der Waals surface area contributed by atoms with Crippen LogP contribution in [0.3, 0.4) is 0 Å². The molecule has 6 heteroatoms. The van der Waals surface area contributed by atoms with Gasteiger partial charge >= 0.3 is 5.97 Å². The maximum absolute atomic E-state index is 12.1. The van der Waals surface area contributed by atoms with E-state index in [4.69, 9.17) is 0 Å². The number of pyridine rings is 1. The summed E-state index contributed by atoms with van der Waals surface area (Å²) in [5.41, 5.74) is 0.408. The lowest BCUT2D eigenvalue weighted by Crippen LogP contribution is -2.45. The van der Waals surface area contributed by atoms with E-state index >= 15 is 0 Å². The number of hydrogen-bond donors (Lipinski definition) is 1. The molecule has 0 spiro atoms. The van der Waals surface area contributed by atoms with Crippen LogP contribution in [0.25, 0.3) is 0 Å². The highest BCUT2D eigenvalue weighted by Gasteiger charge is 2.25. The van der Waals surface area contributed by atoms with E-state index in [9.17, 15) is 9.59 Å². The fraction of sp³-hybridized carbons (Fsp3) is 0.500. The Balaban J connectivity index is 2.81. The second-order valence-corrected chi connectivity index (χ2v) is 5.02. The van der Waals surface area contributed by atoms with Crippen LogP contribution in [-0.4, -0.2) is 44.1 Å². The number of carbonyl (C=O) groups is 2. The first-order valence-electron chi connectivity index (χ1n) is 6.39. The second kappa shape index (κ2) is 6.88. The number of ether oxygens (including phenoxy) is 1. The largest absolute Gasteiger partial charge is 0.467 e. The molecule has 20 heavy (non-hydrogen) atoms. The van der Waals surface area contributed by atoms with Crippen LogP contribution in [0, 0.1) is 5.92 Å². The first-order valence-corrected chi connectivity index (χ1v) is 6.39. The zero-order valence-corrected chi connectivity index (χ0v) is 12.5. The summed E-state index contributed by atoms with van der Waals surface area (Å²) in [6, 6.07) is 2.75. The summed E-state index contributed by atoms with van der Waals surface area (Å²) in [5.74, 6) is -0.0894. The Bertz CT molecular complexity index is 469. The maximum Gasteiger partial charge on any atom is 0.328 e. The molecule has 0 saturated heterocycles. The first kappa shape index (κ1) is 15.9. The third-order valence-corrected chi connectivity index (χ3v) is 2.88. The van der Waals surface area contributed by atoms with Crippen LogP contribution in [0.15, 0.2) is 18.3 Å². The summed E-state index contributed by atoms with van der Waals surface area (Å²) >= 11 is 0. The lowest BCUT2D eigenvalue weighted by Gasteiger charge is -2.19. The number of nitrogens with zero attached hydrogens (tertiary/aromatic N) is 2. The van der Waals surface area contributed by atoms with Gasteiger partial charge in [-0.05, 0) is 18.1 Å². The van der Waals surface area contributed by atoms with E-state index in [0.717, 1.165) is 5.82 Å². The highest BCUT2D eigenvalue weighted by Crippen LogP contribution is 2.09. The van der Waals surface area contributed by atoms with Gasteiger partial charge in [0, 0.05) is 20.3 Å². The molecule has 1 amide bonds. The molecule has 110 valence electrons. The number of methoxy groups -OCH3 is 1. The molecule has 0 fully saturated rings. The summed E-state index contributed by atoms with van der Waals surface area (Å²) in [6.07, 6.45) is 1.49. The molecule has 1 rings (SSSR count). The Hall–Kier alpha value is -2.11. The number of carbonyl (C=O) groups excluding carboxylic acids is 2. The Morgan fingerprint density at radius 2 is 1.95 bits per heavy atom. The third kappa shape index (κ3) is 3.94. The molecule has 0 saturated carbocycles. The predicted octanol–water partition coefficient (Wildman–Crippen LogP) is 1.07. The quantitative estimate of drug-likeness (QED) is 0.816. The monoisotopic (exact) mass is 279 g/mol. The van der Waals surface area contributed by atoms with Crippen molar-refractivity contribution in [3.63, 3.8) is 0 Å². The van der Waals surface area contributed by atoms with Gasteiger partial charge in [-0.2, -0.15) is 0 Å². The number of anilines is 1. The van der Waals surface area contributed by atoms with Crippen LogP contribution in [-0.2, 0) is 9.53 Å². The highest BCUT2D eigenvalue weighted by molar-refractivity contribution is 5.96. The van der Waals surface area contributed by atoms with Gasteiger partial charge in [0.2, 0.25) is 0 Å². The van der Waals surface area contributed by atoms with Crippen molar-refractivity contribution in [2.75, 3.05) is 26.1 Å². The SMILES string of the molecule is COC(=O)C(NC(=O)c1ccc(N(C)C)nc1)C(C)C. The second-order valence-electron chi connectivity index (χ2n) is 5.02. The maximum atomic E-state index is 12.1. The molecule has 1 N–H and O–H groups in total.